The van der Waals surface area contributed by atoms with Gasteiger partial charge in [0.05, 0.1) is 29.0 Å². The number of hydrogen-bond acceptors (Lipinski definition) is 4. The molecule has 0 N–H and O–H groups in total. The lowest BCUT2D eigenvalue weighted by molar-refractivity contribution is 0.239. The second-order valence-corrected chi connectivity index (χ2v) is 5.87. The van der Waals surface area contributed by atoms with Gasteiger partial charge < -0.3 is 4.90 Å². The van der Waals surface area contributed by atoms with Gasteiger partial charge in [0.15, 0.2) is 0 Å². The van der Waals surface area contributed by atoms with Crippen molar-refractivity contribution in [3.05, 3.63) is 40.6 Å². The molecule has 112 valence electrons. The van der Waals surface area contributed by atoms with E-state index in [0.29, 0.717) is 10.0 Å². The maximum Gasteiger partial charge on any atom is 0.0734 e. The second kappa shape index (κ2) is 6.64. The summed E-state index contributed by atoms with van der Waals surface area (Å²) in [7, 11) is 0. The standard InChI is InChI=1S/C14H17Cl2N5/c15-13-2-1-12(11-14(13)16)20-8-5-19(6-9-20)7-10-21-17-3-4-18-21/h1-4,11H,5-10H2. The fourth-order valence-electron chi connectivity index (χ4n) is 2.50. The summed E-state index contributed by atoms with van der Waals surface area (Å²) in [6, 6.07) is 5.82. The molecule has 1 saturated heterocycles. The van der Waals surface area contributed by atoms with E-state index in [4.69, 9.17) is 23.2 Å². The first-order valence-electron chi connectivity index (χ1n) is 6.99. The number of hydrogen-bond donors (Lipinski definition) is 0. The summed E-state index contributed by atoms with van der Waals surface area (Å²) in [5.74, 6) is 0. The summed E-state index contributed by atoms with van der Waals surface area (Å²) in [5.41, 5.74) is 1.14. The van der Waals surface area contributed by atoms with Gasteiger partial charge in [-0.3, -0.25) is 4.90 Å². The molecule has 5 nitrogen and oxygen atoms in total. The molecule has 0 saturated carbocycles. The molecular weight excluding hydrogens is 309 g/mol. The first-order valence-corrected chi connectivity index (χ1v) is 7.74. The van der Waals surface area contributed by atoms with Crippen LogP contribution in [0.25, 0.3) is 0 Å². The van der Waals surface area contributed by atoms with Crippen LogP contribution >= 0.6 is 23.2 Å². The Balaban J connectivity index is 1.51. The minimum atomic E-state index is 0.603. The van der Waals surface area contributed by atoms with Gasteiger partial charge in [-0.2, -0.15) is 15.0 Å². The van der Waals surface area contributed by atoms with Crippen molar-refractivity contribution < 1.29 is 0 Å². The minimum absolute atomic E-state index is 0.603. The van der Waals surface area contributed by atoms with E-state index in [1.807, 2.05) is 18.2 Å². The third-order valence-corrected chi connectivity index (χ3v) is 4.46. The van der Waals surface area contributed by atoms with Crippen LogP contribution in [0.15, 0.2) is 30.6 Å². The quantitative estimate of drug-likeness (QED) is 0.865. The van der Waals surface area contributed by atoms with Crippen molar-refractivity contribution in [3.8, 4) is 0 Å². The van der Waals surface area contributed by atoms with Crippen LogP contribution < -0.4 is 4.90 Å². The highest BCUT2D eigenvalue weighted by atomic mass is 35.5. The predicted molar refractivity (Wildman–Crippen MR) is 85.1 cm³/mol. The van der Waals surface area contributed by atoms with Gasteiger partial charge in [-0.15, -0.1) is 0 Å². The van der Waals surface area contributed by atoms with Crippen LogP contribution in [0, 0.1) is 0 Å². The SMILES string of the molecule is Clc1ccc(N2CCN(CCn3nccn3)CC2)cc1Cl. The molecule has 7 heteroatoms. The van der Waals surface area contributed by atoms with Gasteiger partial charge in [-0.1, -0.05) is 23.2 Å². The molecule has 1 aliphatic heterocycles. The smallest absolute Gasteiger partial charge is 0.0734 e. The summed E-state index contributed by atoms with van der Waals surface area (Å²) < 4.78 is 0. The number of nitrogens with zero attached hydrogens (tertiary/aromatic N) is 5. The Hall–Kier alpha value is -1.30. The van der Waals surface area contributed by atoms with Crippen LogP contribution in [-0.2, 0) is 6.54 Å². The zero-order valence-corrected chi connectivity index (χ0v) is 13.1. The molecule has 1 aromatic carbocycles. The Labute approximate surface area is 134 Å². The molecule has 0 aliphatic carbocycles. The van der Waals surface area contributed by atoms with Crippen molar-refractivity contribution in [1.29, 1.82) is 0 Å². The van der Waals surface area contributed by atoms with Gasteiger partial charge in [0, 0.05) is 38.4 Å². The van der Waals surface area contributed by atoms with Crippen molar-refractivity contribution >= 4 is 28.9 Å². The van der Waals surface area contributed by atoms with Gasteiger partial charge in [-0.05, 0) is 18.2 Å². The number of rotatable bonds is 4. The van der Waals surface area contributed by atoms with E-state index in [0.717, 1.165) is 45.0 Å². The number of halogens is 2. The number of aromatic nitrogens is 3. The van der Waals surface area contributed by atoms with Gasteiger partial charge >= 0.3 is 0 Å². The maximum atomic E-state index is 6.08. The summed E-state index contributed by atoms with van der Waals surface area (Å²) in [6.45, 7) is 5.85. The van der Waals surface area contributed by atoms with Crippen LogP contribution in [0.1, 0.15) is 0 Å². The van der Waals surface area contributed by atoms with Crippen LogP contribution in [0.3, 0.4) is 0 Å². The van der Waals surface area contributed by atoms with E-state index in [1.54, 1.807) is 17.2 Å². The van der Waals surface area contributed by atoms with Crippen LogP contribution in [-0.4, -0.2) is 52.6 Å². The molecule has 0 unspecified atom stereocenters. The van der Waals surface area contributed by atoms with E-state index in [9.17, 15) is 0 Å². The van der Waals surface area contributed by atoms with Crippen molar-refractivity contribution in [2.24, 2.45) is 0 Å². The lowest BCUT2D eigenvalue weighted by atomic mass is 10.2. The first kappa shape index (κ1) is 14.6. The highest BCUT2D eigenvalue weighted by Gasteiger charge is 2.17. The van der Waals surface area contributed by atoms with Crippen molar-refractivity contribution in [1.82, 2.24) is 19.9 Å². The summed E-state index contributed by atoms with van der Waals surface area (Å²) in [5, 5.41) is 9.46. The van der Waals surface area contributed by atoms with Crippen molar-refractivity contribution in [3.63, 3.8) is 0 Å². The Morgan fingerprint density at radius 1 is 0.905 bits per heavy atom. The number of benzene rings is 1. The molecule has 1 aromatic heterocycles. The van der Waals surface area contributed by atoms with E-state index >= 15 is 0 Å². The molecule has 2 aromatic rings. The molecule has 0 atom stereocenters. The number of piperazine rings is 1. The molecule has 3 rings (SSSR count). The zero-order chi connectivity index (χ0) is 14.7. The lowest BCUT2D eigenvalue weighted by Gasteiger charge is -2.36. The van der Waals surface area contributed by atoms with Crippen molar-refractivity contribution in [2.45, 2.75) is 6.54 Å². The maximum absolute atomic E-state index is 6.08. The van der Waals surface area contributed by atoms with Gasteiger partial charge in [-0.25, -0.2) is 0 Å². The van der Waals surface area contributed by atoms with Gasteiger partial charge in [0.2, 0.25) is 0 Å². The monoisotopic (exact) mass is 325 g/mol. The van der Waals surface area contributed by atoms with E-state index in [-0.39, 0.29) is 0 Å². The first-order chi connectivity index (χ1) is 10.2. The Kier molecular flexibility index (Phi) is 4.63. The molecule has 2 heterocycles. The highest BCUT2D eigenvalue weighted by Crippen LogP contribution is 2.27. The average molecular weight is 326 g/mol. The predicted octanol–water partition coefficient (Wildman–Crippen LogP) is 2.41. The van der Waals surface area contributed by atoms with Gasteiger partial charge in [0.1, 0.15) is 0 Å². The molecule has 0 spiro atoms. The molecule has 0 radical (unpaired) electrons. The minimum Gasteiger partial charge on any atom is -0.369 e. The van der Waals surface area contributed by atoms with Crippen LogP contribution in [0.4, 0.5) is 5.69 Å². The summed E-state index contributed by atoms with van der Waals surface area (Å²) in [6.07, 6.45) is 3.42. The van der Waals surface area contributed by atoms with Crippen molar-refractivity contribution in [2.75, 3.05) is 37.6 Å². The molecule has 1 fully saturated rings. The molecular formula is C14H17Cl2N5. The Bertz CT molecular complexity index is 579. The molecule has 1 aliphatic rings. The third-order valence-electron chi connectivity index (χ3n) is 3.72. The fraction of sp³-hybridized carbons (Fsp3) is 0.429. The van der Waals surface area contributed by atoms with E-state index < -0.39 is 0 Å². The number of anilines is 1. The normalized spacial score (nSPS) is 16.4. The van der Waals surface area contributed by atoms with Crippen LogP contribution in [0.2, 0.25) is 10.0 Å². The van der Waals surface area contributed by atoms with E-state index in [2.05, 4.69) is 20.0 Å². The zero-order valence-electron chi connectivity index (χ0n) is 11.6. The fourth-order valence-corrected chi connectivity index (χ4v) is 2.79. The van der Waals surface area contributed by atoms with Crippen LogP contribution in [0.5, 0.6) is 0 Å². The van der Waals surface area contributed by atoms with Gasteiger partial charge in [0.25, 0.3) is 0 Å². The highest BCUT2D eigenvalue weighted by molar-refractivity contribution is 6.42. The summed E-state index contributed by atoms with van der Waals surface area (Å²) >= 11 is 12.0. The topological polar surface area (TPSA) is 37.2 Å². The largest absolute Gasteiger partial charge is 0.369 e. The lowest BCUT2D eigenvalue weighted by Crippen LogP contribution is -2.47. The summed E-state index contributed by atoms with van der Waals surface area (Å²) in [4.78, 5) is 6.49. The second-order valence-electron chi connectivity index (χ2n) is 5.05. The third kappa shape index (κ3) is 3.67. The Morgan fingerprint density at radius 3 is 2.29 bits per heavy atom. The Morgan fingerprint density at radius 2 is 1.62 bits per heavy atom. The molecule has 0 amide bonds. The van der Waals surface area contributed by atoms with E-state index in [1.165, 1.54) is 0 Å². The molecule has 0 bridgehead atoms. The average Bonchev–Trinajstić information content (AvgIpc) is 3.02. The molecule has 21 heavy (non-hydrogen) atoms.